The molecule has 0 aromatic heterocycles. The van der Waals surface area contributed by atoms with E-state index in [0.717, 1.165) is 11.3 Å². The minimum atomic E-state index is 0.0503. The number of hydrogen-bond donors (Lipinski definition) is 2. The Hall–Kier alpha value is -2.01. The first-order valence-electron chi connectivity index (χ1n) is 5.62. The van der Waals surface area contributed by atoms with Gasteiger partial charge >= 0.3 is 0 Å². The molecule has 19 heavy (non-hydrogen) atoms. The molecule has 0 aliphatic heterocycles. The molecule has 0 saturated heterocycles. The second-order valence-corrected chi connectivity index (χ2v) is 4.85. The van der Waals surface area contributed by atoms with Gasteiger partial charge in [-0.15, -0.1) is 0 Å². The second kappa shape index (κ2) is 5.75. The standard InChI is InChI=1S/C14H13BrN2O2/c1-9-4-2-3-5-13(9)19-10-6-7-11(12(15)8-10)14(16)17-18/h2-8,18H,1H3,(H2,16,17). The minimum Gasteiger partial charge on any atom is -0.457 e. The molecular weight excluding hydrogens is 308 g/mol. The normalized spacial score (nSPS) is 11.4. The molecule has 2 rings (SSSR count). The summed E-state index contributed by atoms with van der Waals surface area (Å²) >= 11 is 3.37. The second-order valence-electron chi connectivity index (χ2n) is 3.99. The zero-order valence-electron chi connectivity index (χ0n) is 10.3. The Bertz CT molecular complexity index is 627. The molecule has 0 saturated carbocycles. The average Bonchev–Trinajstić information content (AvgIpc) is 2.41. The van der Waals surface area contributed by atoms with Crippen molar-refractivity contribution in [3.8, 4) is 11.5 Å². The van der Waals surface area contributed by atoms with Crippen LogP contribution in [-0.2, 0) is 0 Å². The van der Waals surface area contributed by atoms with Crippen molar-refractivity contribution >= 4 is 21.8 Å². The van der Waals surface area contributed by atoms with Crippen LogP contribution in [0.1, 0.15) is 11.1 Å². The summed E-state index contributed by atoms with van der Waals surface area (Å²) in [7, 11) is 0. The van der Waals surface area contributed by atoms with E-state index in [1.807, 2.05) is 31.2 Å². The summed E-state index contributed by atoms with van der Waals surface area (Å²) in [5.74, 6) is 1.52. The third kappa shape index (κ3) is 3.06. The number of amidine groups is 1. The SMILES string of the molecule is Cc1ccccc1Oc1ccc(/C(N)=N/O)c(Br)c1. The van der Waals surface area contributed by atoms with Crippen LogP contribution < -0.4 is 10.5 Å². The summed E-state index contributed by atoms with van der Waals surface area (Å²) in [4.78, 5) is 0. The van der Waals surface area contributed by atoms with E-state index >= 15 is 0 Å². The van der Waals surface area contributed by atoms with Gasteiger partial charge in [-0.05, 0) is 52.7 Å². The fourth-order valence-corrected chi connectivity index (χ4v) is 2.18. The lowest BCUT2D eigenvalue weighted by molar-refractivity contribution is 0.318. The van der Waals surface area contributed by atoms with Crippen LogP contribution in [-0.4, -0.2) is 11.0 Å². The highest BCUT2D eigenvalue weighted by Gasteiger charge is 2.07. The van der Waals surface area contributed by atoms with Crippen LogP contribution in [0.15, 0.2) is 52.1 Å². The Morgan fingerprint density at radius 1 is 1.26 bits per heavy atom. The largest absolute Gasteiger partial charge is 0.457 e. The lowest BCUT2D eigenvalue weighted by Gasteiger charge is -2.10. The van der Waals surface area contributed by atoms with Crippen LogP contribution >= 0.6 is 15.9 Å². The molecule has 0 amide bonds. The molecule has 0 atom stereocenters. The lowest BCUT2D eigenvalue weighted by atomic mass is 10.2. The number of para-hydroxylation sites is 1. The topological polar surface area (TPSA) is 67.8 Å². The van der Waals surface area contributed by atoms with Gasteiger partial charge in [0.1, 0.15) is 11.5 Å². The molecule has 0 spiro atoms. The zero-order chi connectivity index (χ0) is 13.8. The van der Waals surface area contributed by atoms with Crippen molar-refractivity contribution < 1.29 is 9.94 Å². The molecule has 0 aliphatic rings. The Balaban J connectivity index is 2.29. The Morgan fingerprint density at radius 3 is 2.63 bits per heavy atom. The highest BCUT2D eigenvalue weighted by Crippen LogP contribution is 2.28. The van der Waals surface area contributed by atoms with Gasteiger partial charge in [-0.3, -0.25) is 0 Å². The minimum absolute atomic E-state index is 0.0503. The van der Waals surface area contributed by atoms with Gasteiger partial charge in [0.25, 0.3) is 0 Å². The molecule has 0 fully saturated rings. The van der Waals surface area contributed by atoms with E-state index in [0.29, 0.717) is 15.8 Å². The molecule has 2 aromatic rings. The van der Waals surface area contributed by atoms with Crippen molar-refractivity contribution in [2.45, 2.75) is 6.92 Å². The number of hydrogen-bond acceptors (Lipinski definition) is 3. The van der Waals surface area contributed by atoms with Gasteiger partial charge in [0.2, 0.25) is 0 Å². The zero-order valence-corrected chi connectivity index (χ0v) is 11.9. The average molecular weight is 321 g/mol. The van der Waals surface area contributed by atoms with E-state index in [2.05, 4.69) is 21.1 Å². The first-order valence-corrected chi connectivity index (χ1v) is 6.42. The first kappa shape index (κ1) is 13.4. The fraction of sp³-hybridized carbons (Fsp3) is 0.0714. The van der Waals surface area contributed by atoms with E-state index < -0.39 is 0 Å². The molecule has 4 nitrogen and oxygen atoms in total. The van der Waals surface area contributed by atoms with Gasteiger partial charge in [-0.25, -0.2) is 0 Å². The van der Waals surface area contributed by atoms with Gasteiger partial charge in [-0.1, -0.05) is 23.4 Å². The molecule has 5 heteroatoms. The molecule has 0 heterocycles. The quantitative estimate of drug-likeness (QED) is 0.392. The van der Waals surface area contributed by atoms with E-state index in [4.69, 9.17) is 15.7 Å². The number of halogens is 1. The third-order valence-electron chi connectivity index (χ3n) is 2.65. The van der Waals surface area contributed by atoms with Crippen LogP contribution in [0, 0.1) is 6.92 Å². The van der Waals surface area contributed by atoms with E-state index in [9.17, 15) is 0 Å². The maximum atomic E-state index is 8.66. The number of rotatable bonds is 3. The number of oxime groups is 1. The van der Waals surface area contributed by atoms with Gasteiger partial charge in [0.15, 0.2) is 5.84 Å². The van der Waals surface area contributed by atoms with E-state index in [1.165, 1.54) is 0 Å². The van der Waals surface area contributed by atoms with Crippen LogP contribution in [0.4, 0.5) is 0 Å². The van der Waals surface area contributed by atoms with Crippen molar-refractivity contribution in [3.63, 3.8) is 0 Å². The summed E-state index contributed by atoms with van der Waals surface area (Å²) in [5, 5.41) is 11.6. The predicted octanol–water partition coefficient (Wildman–Crippen LogP) is 3.64. The van der Waals surface area contributed by atoms with Crippen molar-refractivity contribution in [1.82, 2.24) is 0 Å². The van der Waals surface area contributed by atoms with E-state index in [-0.39, 0.29) is 5.84 Å². The number of ether oxygens (including phenoxy) is 1. The number of aryl methyl sites for hydroxylation is 1. The molecule has 98 valence electrons. The lowest BCUT2D eigenvalue weighted by Crippen LogP contribution is -2.13. The molecule has 0 unspecified atom stereocenters. The smallest absolute Gasteiger partial charge is 0.171 e. The summed E-state index contributed by atoms with van der Waals surface area (Å²) in [6.07, 6.45) is 0. The van der Waals surface area contributed by atoms with Crippen LogP contribution in [0.25, 0.3) is 0 Å². The van der Waals surface area contributed by atoms with Crippen LogP contribution in [0.3, 0.4) is 0 Å². The number of benzene rings is 2. The van der Waals surface area contributed by atoms with E-state index in [1.54, 1.807) is 18.2 Å². The van der Waals surface area contributed by atoms with Gasteiger partial charge in [0.05, 0.1) is 0 Å². The molecule has 2 aromatic carbocycles. The maximum absolute atomic E-state index is 8.66. The highest BCUT2D eigenvalue weighted by molar-refractivity contribution is 9.10. The van der Waals surface area contributed by atoms with Crippen molar-refractivity contribution in [1.29, 1.82) is 0 Å². The monoisotopic (exact) mass is 320 g/mol. The van der Waals surface area contributed by atoms with Crippen molar-refractivity contribution in [2.24, 2.45) is 10.9 Å². The van der Waals surface area contributed by atoms with Crippen molar-refractivity contribution in [3.05, 3.63) is 58.1 Å². The maximum Gasteiger partial charge on any atom is 0.171 e. The first-order chi connectivity index (χ1) is 9.11. The Labute approximate surface area is 119 Å². The molecule has 0 aliphatic carbocycles. The summed E-state index contributed by atoms with van der Waals surface area (Å²) in [6.45, 7) is 1.98. The number of nitrogens with zero attached hydrogens (tertiary/aromatic N) is 1. The van der Waals surface area contributed by atoms with Gasteiger partial charge < -0.3 is 15.7 Å². The predicted molar refractivity (Wildman–Crippen MR) is 77.9 cm³/mol. The molecular formula is C14H13BrN2O2. The Morgan fingerprint density at radius 2 is 2.00 bits per heavy atom. The Kier molecular flexibility index (Phi) is 4.06. The summed E-state index contributed by atoms with van der Waals surface area (Å²) in [6, 6.07) is 13.0. The van der Waals surface area contributed by atoms with Gasteiger partial charge in [0, 0.05) is 10.0 Å². The number of nitrogens with two attached hydrogens (primary N) is 1. The highest BCUT2D eigenvalue weighted by atomic mass is 79.9. The van der Waals surface area contributed by atoms with Crippen molar-refractivity contribution in [2.75, 3.05) is 0 Å². The van der Waals surface area contributed by atoms with Gasteiger partial charge in [-0.2, -0.15) is 0 Å². The van der Waals surface area contributed by atoms with Crippen LogP contribution in [0.5, 0.6) is 11.5 Å². The molecule has 3 N–H and O–H groups in total. The summed E-state index contributed by atoms with van der Waals surface area (Å²) < 4.78 is 6.49. The molecule has 0 radical (unpaired) electrons. The molecule has 0 bridgehead atoms. The fourth-order valence-electron chi connectivity index (χ4n) is 1.62. The third-order valence-corrected chi connectivity index (χ3v) is 3.30. The summed E-state index contributed by atoms with van der Waals surface area (Å²) in [5.41, 5.74) is 7.22. The van der Waals surface area contributed by atoms with Crippen LogP contribution in [0.2, 0.25) is 0 Å².